The number of benzene rings is 2. The highest BCUT2D eigenvalue weighted by molar-refractivity contribution is 7.37. The molecule has 0 spiro atoms. The average molecular weight is 368 g/mol. The summed E-state index contributed by atoms with van der Waals surface area (Å²) >= 11 is 0. The molecule has 2 heteroatoms. The van der Waals surface area contributed by atoms with E-state index in [2.05, 4.69) is 86.6 Å². The van der Waals surface area contributed by atoms with E-state index in [4.69, 9.17) is 4.74 Å². The van der Waals surface area contributed by atoms with Crippen LogP contribution in [0.15, 0.2) is 47.2 Å². The predicted molar refractivity (Wildman–Crippen MR) is 118 cm³/mol. The van der Waals surface area contributed by atoms with Crippen molar-refractivity contribution in [1.29, 1.82) is 0 Å². The minimum absolute atomic E-state index is 0.0792. The highest BCUT2D eigenvalue weighted by Gasteiger charge is 2.28. The van der Waals surface area contributed by atoms with E-state index in [1.165, 1.54) is 22.0 Å². The Balaban J connectivity index is 2.76. The van der Waals surface area contributed by atoms with Gasteiger partial charge >= 0.3 is 0 Å². The molecule has 0 unspecified atom stereocenters. The topological polar surface area (TPSA) is 12.4 Å². The summed E-state index contributed by atoms with van der Waals surface area (Å²) < 4.78 is 4.89. The van der Waals surface area contributed by atoms with Crippen LogP contribution >= 0.6 is 8.37 Å². The first-order valence-electron chi connectivity index (χ1n) is 9.46. The van der Waals surface area contributed by atoms with Gasteiger partial charge in [-0.25, -0.2) is 4.74 Å². The second kappa shape index (κ2) is 7.28. The molecule has 0 aliphatic rings. The van der Waals surface area contributed by atoms with Gasteiger partial charge in [-0.1, -0.05) is 92.6 Å². The molecule has 0 saturated heterocycles. The fourth-order valence-electron chi connectivity index (χ4n) is 2.92. The zero-order chi connectivity index (χ0) is 19.8. The van der Waals surface area contributed by atoms with E-state index in [0.29, 0.717) is 0 Å². The molecule has 0 aliphatic heterocycles. The SMILES string of the molecule is CC(C)(C)c1cc(C(C)(C)C)c(P=Nc2ccccc2)c(C(C)(C)C)c1. The second-order valence-electron chi connectivity index (χ2n) is 10.2. The summed E-state index contributed by atoms with van der Waals surface area (Å²) in [6.45, 7) is 20.7. The third kappa shape index (κ3) is 5.04. The van der Waals surface area contributed by atoms with Crippen molar-refractivity contribution in [2.45, 2.75) is 78.6 Å². The fraction of sp³-hybridized carbons (Fsp3) is 0.500. The summed E-state index contributed by atoms with van der Waals surface area (Å²) in [4.78, 5) is 0. The van der Waals surface area contributed by atoms with Gasteiger partial charge in [-0.15, -0.1) is 0 Å². The van der Waals surface area contributed by atoms with Crippen molar-refractivity contribution in [1.82, 2.24) is 0 Å². The van der Waals surface area contributed by atoms with Gasteiger partial charge in [0.25, 0.3) is 0 Å². The molecule has 0 N–H and O–H groups in total. The van der Waals surface area contributed by atoms with Crippen molar-refractivity contribution in [3.8, 4) is 0 Å². The fourth-order valence-corrected chi connectivity index (χ4v) is 4.29. The molecule has 0 amide bonds. The van der Waals surface area contributed by atoms with Crippen LogP contribution in [0.25, 0.3) is 0 Å². The minimum Gasteiger partial charge on any atom is -0.227 e. The second-order valence-corrected chi connectivity index (χ2v) is 11.1. The van der Waals surface area contributed by atoms with Crippen molar-refractivity contribution < 1.29 is 0 Å². The molecule has 0 fully saturated rings. The van der Waals surface area contributed by atoms with Crippen LogP contribution in [0.4, 0.5) is 5.69 Å². The van der Waals surface area contributed by atoms with E-state index in [-0.39, 0.29) is 16.2 Å². The smallest absolute Gasteiger partial charge is 0.0679 e. The zero-order valence-electron chi connectivity index (χ0n) is 17.9. The molecule has 1 nitrogen and oxygen atoms in total. The lowest BCUT2D eigenvalue weighted by atomic mass is 9.75. The molecule has 0 aliphatic carbocycles. The van der Waals surface area contributed by atoms with Gasteiger partial charge in [0, 0.05) is 13.7 Å². The lowest BCUT2D eigenvalue weighted by Crippen LogP contribution is -2.29. The van der Waals surface area contributed by atoms with Crippen LogP contribution < -0.4 is 5.30 Å². The lowest BCUT2D eigenvalue weighted by molar-refractivity contribution is 0.554. The Bertz CT molecular complexity index is 747. The molecule has 2 aromatic carbocycles. The highest BCUT2D eigenvalue weighted by Crippen LogP contribution is 2.36. The Morgan fingerprint density at radius 2 is 1.12 bits per heavy atom. The predicted octanol–water partition coefficient (Wildman–Crippen LogP) is 7.67. The molecule has 0 saturated carbocycles. The number of rotatable bonds is 2. The van der Waals surface area contributed by atoms with Crippen molar-refractivity contribution in [3.63, 3.8) is 0 Å². The van der Waals surface area contributed by atoms with E-state index < -0.39 is 0 Å². The lowest BCUT2D eigenvalue weighted by Gasteiger charge is -2.32. The van der Waals surface area contributed by atoms with Crippen molar-refractivity contribution >= 4 is 19.4 Å². The number of nitrogens with zero attached hydrogens (tertiary/aromatic N) is 1. The molecular weight excluding hydrogens is 333 g/mol. The van der Waals surface area contributed by atoms with Gasteiger partial charge in [0.15, 0.2) is 0 Å². The summed E-state index contributed by atoms with van der Waals surface area (Å²) in [5.41, 5.74) is 5.56. The maximum absolute atomic E-state index is 4.89. The average Bonchev–Trinajstić information content (AvgIpc) is 2.50. The largest absolute Gasteiger partial charge is 0.227 e. The van der Waals surface area contributed by atoms with Crippen molar-refractivity contribution in [2.75, 3.05) is 0 Å². The van der Waals surface area contributed by atoms with Gasteiger partial charge < -0.3 is 0 Å². The molecule has 0 heterocycles. The third-order valence-corrected chi connectivity index (χ3v) is 5.63. The van der Waals surface area contributed by atoms with Gasteiger partial charge in [0.05, 0.1) is 5.69 Å². The van der Waals surface area contributed by atoms with Crippen LogP contribution in [0, 0.1) is 0 Å². The summed E-state index contributed by atoms with van der Waals surface area (Å²) in [5.74, 6) is 0. The minimum atomic E-state index is 0.0792. The van der Waals surface area contributed by atoms with E-state index in [0.717, 1.165) is 14.1 Å². The summed E-state index contributed by atoms with van der Waals surface area (Å²) in [5, 5.41) is 1.36. The normalized spacial score (nSPS) is 13.4. The number of hydrogen-bond acceptors (Lipinski definition) is 1. The summed E-state index contributed by atoms with van der Waals surface area (Å²) in [6.07, 6.45) is 0. The van der Waals surface area contributed by atoms with E-state index in [1.54, 1.807) is 0 Å². The Labute approximate surface area is 162 Å². The zero-order valence-corrected chi connectivity index (χ0v) is 18.8. The van der Waals surface area contributed by atoms with Crippen molar-refractivity contribution in [2.24, 2.45) is 4.74 Å². The van der Waals surface area contributed by atoms with Gasteiger partial charge in [-0.2, -0.15) is 0 Å². The van der Waals surface area contributed by atoms with Gasteiger partial charge in [0.2, 0.25) is 0 Å². The van der Waals surface area contributed by atoms with E-state index in [1.807, 2.05) is 18.2 Å². The van der Waals surface area contributed by atoms with Crippen LogP contribution in [-0.2, 0) is 16.2 Å². The highest BCUT2D eigenvalue weighted by atomic mass is 31.1. The Kier molecular flexibility index (Phi) is 5.83. The monoisotopic (exact) mass is 367 g/mol. The van der Waals surface area contributed by atoms with Crippen molar-refractivity contribution in [3.05, 3.63) is 59.2 Å². The van der Waals surface area contributed by atoms with E-state index in [9.17, 15) is 0 Å². The molecule has 0 atom stereocenters. The molecule has 140 valence electrons. The molecule has 0 aromatic heterocycles. The maximum atomic E-state index is 4.89. The maximum Gasteiger partial charge on any atom is 0.0679 e. The molecule has 0 bridgehead atoms. The molecule has 2 aromatic rings. The van der Waals surface area contributed by atoms with Gasteiger partial charge in [0.1, 0.15) is 0 Å². The first kappa shape index (κ1) is 20.8. The van der Waals surface area contributed by atoms with Crippen LogP contribution in [0.1, 0.15) is 79.0 Å². The number of hydrogen-bond donors (Lipinski definition) is 0. The van der Waals surface area contributed by atoms with Crippen LogP contribution in [0.2, 0.25) is 0 Å². The van der Waals surface area contributed by atoms with Gasteiger partial charge in [-0.3, -0.25) is 0 Å². The third-order valence-electron chi connectivity index (χ3n) is 4.61. The summed E-state index contributed by atoms with van der Waals surface area (Å²) in [6, 6.07) is 15.1. The molecule has 26 heavy (non-hydrogen) atoms. The first-order chi connectivity index (χ1) is 11.8. The van der Waals surface area contributed by atoms with Gasteiger partial charge in [-0.05, 0) is 45.1 Å². The molecular formula is C24H34NP. The first-order valence-corrected chi connectivity index (χ1v) is 10.3. The Morgan fingerprint density at radius 3 is 1.50 bits per heavy atom. The van der Waals surface area contributed by atoms with Crippen LogP contribution in [0.3, 0.4) is 0 Å². The standard InChI is InChI=1S/C24H34NP/c1-22(2,3)17-15-19(23(4,5)6)21(20(16-17)24(7,8)9)26-25-18-13-11-10-12-14-18/h10-16H,1-9H3. The van der Waals surface area contributed by atoms with Crippen LogP contribution in [-0.4, -0.2) is 0 Å². The molecule has 2 rings (SSSR count). The quantitative estimate of drug-likeness (QED) is 0.483. The Morgan fingerprint density at radius 1 is 0.654 bits per heavy atom. The Hall–Kier alpha value is -1.46. The summed E-state index contributed by atoms with van der Waals surface area (Å²) in [7, 11) is 1.03. The van der Waals surface area contributed by atoms with Crippen LogP contribution in [0.5, 0.6) is 0 Å². The molecule has 0 radical (unpaired) electrons. The van der Waals surface area contributed by atoms with E-state index >= 15 is 0 Å².